The lowest BCUT2D eigenvalue weighted by Crippen LogP contribution is -2.18. The highest BCUT2D eigenvalue weighted by molar-refractivity contribution is 6.30. The first-order valence-corrected chi connectivity index (χ1v) is 7.75. The molecule has 1 N–H and O–H groups in total. The molecule has 1 unspecified atom stereocenters. The molecule has 1 aliphatic rings. The molecule has 1 aliphatic heterocycles. The summed E-state index contributed by atoms with van der Waals surface area (Å²) in [6, 6.07) is 12.8. The quantitative estimate of drug-likeness (QED) is 0.913. The molecule has 3 rings (SSSR count). The van der Waals surface area contributed by atoms with E-state index in [0.717, 1.165) is 30.2 Å². The number of nitrogens with one attached hydrogen (secondary N) is 1. The minimum absolute atomic E-state index is 0.148. The monoisotopic (exact) mass is 301 g/mol. The molecule has 0 radical (unpaired) electrons. The standard InChI is InChI=1S/C18H20ClNO/c1-12-8-15(11-16(19)9-12)18(20-2)14-5-6-17-13(10-14)4-3-7-21-17/h5-6,8-11,18,20H,3-4,7H2,1-2H3. The first kappa shape index (κ1) is 14.4. The van der Waals surface area contributed by atoms with E-state index >= 15 is 0 Å². The molecule has 0 spiro atoms. The van der Waals surface area contributed by atoms with E-state index in [1.54, 1.807) is 0 Å². The molecule has 0 aromatic heterocycles. The van der Waals surface area contributed by atoms with Crippen molar-refractivity contribution in [3.05, 3.63) is 63.7 Å². The summed E-state index contributed by atoms with van der Waals surface area (Å²) >= 11 is 6.21. The van der Waals surface area contributed by atoms with Crippen molar-refractivity contribution in [2.75, 3.05) is 13.7 Å². The van der Waals surface area contributed by atoms with E-state index in [4.69, 9.17) is 16.3 Å². The molecule has 110 valence electrons. The van der Waals surface area contributed by atoms with Crippen molar-refractivity contribution in [2.24, 2.45) is 0 Å². The molecular weight excluding hydrogens is 282 g/mol. The summed E-state index contributed by atoms with van der Waals surface area (Å²) in [6.07, 6.45) is 2.19. The van der Waals surface area contributed by atoms with E-state index in [-0.39, 0.29) is 6.04 Å². The number of fused-ring (bicyclic) bond motifs is 1. The van der Waals surface area contributed by atoms with Gasteiger partial charge in [-0.25, -0.2) is 0 Å². The number of hydrogen-bond acceptors (Lipinski definition) is 2. The Hall–Kier alpha value is -1.51. The molecule has 0 aliphatic carbocycles. The fourth-order valence-corrected chi connectivity index (χ4v) is 3.32. The zero-order chi connectivity index (χ0) is 14.8. The highest BCUT2D eigenvalue weighted by atomic mass is 35.5. The van der Waals surface area contributed by atoms with Crippen LogP contribution in [0.5, 0.6) is 5.75 Å². The molecule has 3 heteroatoms. The zero-order valence-electron chi connectivity index (χ0n) is 12.4. The Morgan fingerprint density at radius 2 is 2.00 bits per heavy atom. The molecule has 21 heavy (non-hydrogen) atoms. The highest BCUT2D eigenvalue weighted by Crippen LogP contribution is 2.31. The van der Waals surface area contributed by atoms with Gasteiger partial charge < -0.3 is 10.1 Å². The third kappa shape index (κ3) is 3.07. The van der Waals surface area contributed by atoms with Gasteiger partial charge in [0.25, 0.3) is 0 Å². The van der Waals surface area contributed by atoms with Crippen molar-refractivity contribution in [2.45, 2.75) is 25.8 Å². The molecule has 1 atom stereocenters. The fraction of sp³-hybridized carbons (Fsp3) is 0.333. The van der Waals surface area contributed by atoms with Gasteiger partial charge in [0.2, 0.25) is 0 Å². The Bertz CT molecular complexity index is 633. The minimum atomic E-state index is 0.148. The first-order valence-electron chi connectivity index (χ1n) is 7.37. The number of halogens is 1. The van der Waals surface area contributed by atoms with Gasteiger partial charge in [0.05, 0.1) is 12.6 Å². The summed E-state index contributed by atoms with van der Waals surface area (Å²) < 4.78 is 5.69. The van der Waals surface area contributed by atoms with Crippen molar-refractivity contribution in [1.29, 1.82) is 0 Å². The van der Waals surface area contributed by atoms with Crippen LogP contribution >= 0.6 is 11.6 Å². The van der Waals surface area contributed by atoms with Gasteiger partial charge in [0.15, 0.2) is 0 Å². The average Bonchev–Trinajstić information content (AvgIpc) is 2.47. The fourth-order valence-electron chi connectivity index (χ4n) is 3.02. The van der Waals surface area contributed by atoms with E-state index in [2.05, 4.69) is 36.5 Å². The van der Waals surface area contributed by atoms with Gasteiger partial charge in [-0.1, -0.05) is 29.8 Å². The summed E-state index contributed by atoms with van der Waals surface area (Å²) in [5.41, 5.74) is 4.93. The second kappa shape index (κ2) is 6.08. The molecular formula is C18H20ClNO. The SMILES string of the molecule is CNC(c1cc(C)cc(Cl)c1)c1ccc2c(c1)CCCO2. The Morgan fingerprint density at radius 1 is 1.14 bits per heavy atom. The number of aryl methyl sites for hydroxylation is 2. The van der Waals surface area contributed by atoms with E-state index in [9.17, 15) is 0 Å². The maximum Gasteiger partial charge on any atom is 0.122 e. The van der Waals surface area contributed by atoms with Crippen LogP contribution < -0.4 is 10.1 Å². The van der Waals surface area contributed by atoms with Gasteiger partial charge >= 0.3 is 0 Å². The summed E-state index contributed by atoms with van der Waals surface area (Å²) in [5.74, 6) is 1.03. The van der Waals surface area contributed by atoms with Gasteiger partial charge in [0, 0.05) is 5.02 Å². The Morgan fingerprint density at radius 3 is 2.76 bits per heavy atom. The van der Waals surface area contributed by atoms with Gasteiger partial charge in [0.1, 0.15) is 5.75 Å². The minimum Gasteiger partial charge on any atom is -0.493 e. The number of benzene rings is 2. The van der Waals surface area contributed by atoms with Crippen molar-refractivity contribution in [3.8, 4) is 5.75 Å². The van der Waals surface area contributed by atoms with Crippen LogP contribution in [0.3, 0.4) is 0 Å². The van der Waals surface area contributed by atoms with Crippen LogP contribution in [0.2, 0.25) is 5.02 Å². The molecule has 0 fully saturated rings. The second-order valence-electron chi connectivity index (χ2n) is 5.60. The zero-order valence-corrected chi connectivity index (χ0v) is 13.2. The Labute approximate surface area is 131 Å². The van der Waals surface area contributed by atoms with Crippen LogP contribution in [0.1, 0.15) is 34.7 Å². The molecule has 0 saturated carbocycles. The van der Waals surface area contributed by atoms with Crippen molar-refractivity contribution < 1.29 is 4.74 Å². The number of ether oxygens (including phenoxy) is 1. The first-order chi connectivity index (χ1) is 10.2. The molecule has 2 aromatic rings. The van der Waals surface area contributed by atoms with Crippen LogP contribution in [-0.2, 0) is 6.42 Å². The van der Waals surface area contributed by atoms with Gasteiger partial charge in [-0.3, -0.25) is 0 Å². The molecule has 0 bridgehead atoms. The molecule has 2 aromatic carbocycles. The van der Waals surface area contributed by atoms with Crippen LogP contribution in [0.4, 0.5) is 0 Å². The summed E-state index contributed by atoms with van der Waals surface area (Å²) in [7, 11) is 1.98. The summed E-state index contributed by atoms with van der Waals surface area (Å²) in [4.78, 5) is 0. The number of hydrogen-bond donors (Lipinski definition) is 1. The predicted molar refractivity (Wildman–Crippen MR) is 87.3 cm³/mol. The van der Waals surface area contributed by atoms with Gasteiger partial charge in [-0.15, -0.1) is 0 Å². The smallest absolute Gasteiger partial charge is 0.122 e. The molecule has 0 saturated heterocycles. The summed E-state index contributed by atoms with van der Waals surface area (Å²) in [5, 5.41) is 4.18. The van der Waals surface area contributed by atoms with Gasteiger partial charge in [-0.2, -0.15) is 0 Å². The lowest BCUT2D eigenvalue weighted by atomic mass is 9.94. The third-order valence-electron chi connectivity index (χ3n) is 3.95. The highest BCUT2D eigenvalue weighted by Gasteiger charge is 2.17. The van der Waals surface area contributed by atoms with Crippen molar-refractivity contribution in [1.82, 2.24) is 5.32 Å². The van der Waals surface area contributed by atoms with Crippen molar-refractivity contribution in [3.63, 3.8) is 0 Å². The van der Waals surface area contributed by atoms with Crippen LogP contribution in [0.15, 0.2) is 36.4 Å². The normalized spacial score (nSPS) is 15.2. The van der Waals surface area contributed by atoms with Crippen LogP contribution in [0, 0.1) is 6.92 Å². The van der Waals surface area contributed by atoms with E-state index in [1.807, 2.05) is 19.2 Å². The summed E-state index contributed by atoms with van der Waals surface area (Å²) in [6.45, 7) is 2.90. The third-order valence-corrected chi connectivity index (χ3v) is 4.17. The Balaban J connectivity index is 1.99. The Kier molecular flexibility index (Phi) is 4.18. The predicted octanol–water partition coefficient (Wildman–Crippen LogP) is 4.28. The van der Waals surface area contributed by atoms with E-state index < -0.39 is 0 Å². The van der Waals surface area contributed by atoms with E-state index in [1.165, 1.54) is 22.3 Å². The average molecular weight is 302 g/mol. The number of rotatable bonds is 3. The topological polar surface area (TPSA) is 21.3 Å². The van der Waals surface area contributed by atoms with Gasteiger partial charge in [-0.05, 0) is 67.3 Å². The van der Waals surface area contributed by atoms with Crippen LogP contribution in [-0.4, -0.2) is 13.7 Å². The van der Waals surface area contributed by atoms with E-state index in [0.29, 0.717) is 0 Å². The lowest BCUT2D eigenvalue weighted by molar-refractivity contribution is 0.288. The maximum absolute atomic E-state index is 6.21. The maximum atomic E-state index is 6.21. The molecule has 1 heterocycles. The van der Waals surface area contributed by atoms with Crippen molar-refractivity contribution >= 4 is 11.6 Å². The largest absolute Gasteiger partial charge is 0.493 e. The molecule has 0 amide bonds. The lowest BCUT2D eigenvalue weighted by Gasteiger charge is -2.22. The molecule has 2 nitrogen and oxygen atoms in total. The second-order valence-corrected chi connectivity index (χ2v) is 6.04. The van der Waals surface area contributed by atoms with Crippen LogP contribution in [0.25, 0.3) is 0 Å².